The molecule has 0 fully saturated rings. The number of rotatable bonds is 3. The minimum Gasteiger partial charge on any atom is -0.336 e. The van der Waals surface area contributed by atoms with Crippen molar-refractivity contribution >= 4 is 17.2 Å². The zero-order chi connectivity index (χ0) is 15.6. The molecule has 1 amide bonds. The van der Waals surface area contributed by atoms with Crippen LogP contribution in [0.2, 0.25) is 0 Å². The summed E-state index contributed by atoms with van der Waals surface area (Å²) in [4.78, 5) is 12.9. The quantitative estimate of drug-likeness (QED) is 0.843. The lowest BCUT2D eigenvalue weighted by atomic mass is 10.1. The van der Waals surface area contributed by atoms with E-state index in [4.69, 9.17) is 0 Å². The maximum atomic E-state index is 13.1. The number of alkyl halides is 3. The van der Waals surface area contributed by atoms with Gasteiger partial charge in [-0.2, -0.15) is 13.2 Å². The van der Waals surface area contributed by atoms with Crippen LogP contribution in [0.1, 0.15) is 26.2 Å². The van der Waals surface area contributed by atoms with Crippen molar-refractivity contribution in [1.29, 1.82) is 0 Å². The second-order valence-corrected chi connectivity index (χ2v) is 5.70. The molecule has 1 aromatic carbocycles. The summed E-state index contributed by atoms with van der Waals surface area (Å²) in [7, 11) is 0. The third kappa shape index (κ3) is 3.81. The van der Waals surface area contributed by atoms with Crippen LogP contribution in [-0.4, -0.2) is 12.1 Å². The van der Waals surface area contributed by atoms with Gasteiger partial charge in [0.2, 0.25) is 0 Å². The third-order valence-electron chi connectivity index (χ3n) is 2.77. The highest BCUT2D eigenvalue weighted by atomic mass is 32.1. The van der Waals surface area contributed by atoms with Crippen molar-refractivity contribution in [1.82, 2.24) is 5.32 Å². The summed E-state index contributed by atoms with van der Waals surface area (Å²) < 4.78 is 52.1. The molecule has 0 saturated carbocycles. The van der Waals surface area contributed by atoms with Crippen molar-refractivity contribution in [2.75, 3.05) is 0 Å². The van der Waals surface area contributed by atoms with Crippen LogP contribution >= 0.6 is 11.3 Å². The highest BCUT2D eigenvalue weighted by Gasteiger charge is 2.42. The second kappa shape index (κ2) is 5.85. The molecular formula is C14H11F4NOS. The maximum absolute atomic E-state index is 13.1. The Hall–Kier alpha value is -1.89. The van der Waals surface area contributed by atoms with Crippen LogP contribution in [0.15, 0.2) is 36.4 Å². The van der Waals surface area contributed by atoms with Gasteiger partial charge in [0, 0.05) is 4.88 Å². The number of halogens is 4. The first kappa shape index (κ1) is 15.5. The predicted molar refractivity (Wildman–Crippen MR) is 71.7 cm³/mol. The van der Waals surface area contributed by atoms with Gasteiger partial charge in [-0.3, -0.25) is 4.79 Å². The fourth-order valence-electron chi connectivity index (χ4n) is 1.77. The van der Waals surface area contributed by atoms with E-state index in [0.29, 0.717) is 0 Å². The zero-order valence-corrected chi connectivity index (χ0v) is 11.7. The van der Waals surface area contributed by atoms with Crippen molar-refractivity contribution < 1.29 is 22.4 Å². The topological polar surface area (TPSA) is 29.1 Å². The van der Waals surface area contributed by atoms with Gasteiger partial charge in [-0.25, -0.2) is 4.39 Å². The predicted octanol–water partition coefficient (Wildman–Crippen LogP) is 4.23. The van der Waals surface area contributed by atoms with Crippen LogP contribution in [0.25, 0.3) is 0 Å². The lowest BCUT2D eigenvalue weighted by molar-refractivity contribution is -0.155. The van der Waals surface area contributed by atoms with Crippen molar-refractivity contribution in [3.8, 4) is 0 Å². The smallest absolute Gasteiger partial charge is 0.336 e. The van der Waals surface area contributed by atoms with Crippen LogP contribution in [0.5, 0.6) is 0 Å². The van der Waals surface area contributed by atoms with Gasteiger partial charge in [0.25, 0.3) is 5.91 Å². The Morgan fingerprint density at radius 2 is 1.76 bits per heavy atom. The summed E-state index contributed by atoms with van der Waals surface area (Å²) in [5.74, 6) is -1.44. The molecule has 0 aliphatic rings. The average molecular weight is 317 g/mol. The minimum absolute atomic E-state index is 0.198. The van der Waals surface area contributed by atoms with Crippen LogP contribution in [0, 0.1) is 12.7 Å². The van der Waals surface area contributed by atoms with Crippen molar-refractivity contribution in [3.63, 3.8) is 0 Å². The van der Waals surface area contributed by atoms with E-state index in [1.165, 1.54) is 6.07 Å². The Bertz CT molecular complexity index is 633. The van der Waals surface area contributed by atoms with E-state index in [1.807, 2.05) is 5.32 Å². The number of amides is 1. The van der Waals surface area contributed by atoms with Crippen LogP contribution in [0.4, 0.5) is 17.6 Å². The number of carbonyl (C=O) groups is 1. The molecule has 2 rings (SSSR count). The fourth-order valence-corrected chi connectivity index (χ4v) is 2.54. The van der Waals surface area contributed by atoms with E-state index in [0.717, 1.165) is 40.5 Å². The van der Waals surface area contributed by atoms with E-state index in [2.05, 4.69) is 0 Å². The lowest BCUT2D eigenvalue weighted by Crippen LogP contribution is -2.37. The molecular weight excluding hydrogens is 306 g/mol. The highest BCUT2D eigenvalue weighted by Crippen LogP contribution is 2.33. The average Bonchev–Trinajstić information content (AvgIpc) is 2.82. The van der Waals surface area contributed by atoms with E-state index >= 15 is 0 Å². The number of benzene rings is 1. The lowest BCUT2D eigenvalue weighted by Gasteiger charge is -2.21. The monoisotopic (exact) mass is 317 g/mol. The van der Waals surface area contributed by atoms with Crippen LogP contribution in [-0.2, 0) is 0 Å². The molecule has 0 radical (unpaired) electrons. The molecule has 21 heavy (non-hydrogen) atoms. The number of nitrogens with one attached hydrogen (secondary N) is 1. The normalized spacial score (nSPS) is 13.0. The maximum Gasteiger partial charge on any atom is 0.412 e. The largest absolute Gasteiger partial charge is 0.412 e. The van der Waals surface area contributed by atoms with Crippen LogP contribution in [0.3, 0.4) is 0 Å². The molecule has 2 aromatic rings. The molecule has 1 heterocycles. The SMILES string of the molecule is Cc1ccc(C(=O)NC(c2ccc(F)cc2)C(F)(F)F)s1. The summed E-state index contributed by atoms with van der Waals surface area (Å²) in [6.45, 7) is 1.75. The number of aryl methyl sites for hydroxylation is 1. The molecule has 7 heteroatoms. The number of thiophene rings is 1. The van der Waals surface area contributed by atoms with Gasteiger partial charge in [0.05, 0.1) is 4.88 Å². The molecule has 0 aliphatic heterocycles. The summed E-state index contributed by atoms with van der Waals surface area (Å²) in [5.41, 5.74) is -0.217. The van der Waals surface area contributed by atoms with Crippen molar-refractivity contribution in [2.45, 2.75) is 19.1 Å². The van der Waals surface area contributed by atoms with Gasteiger partial charge < -0.3 is 5.32 Å². The second-order valence-electron chi connectivity index (χ2n) is 4.41. The van der Waals surface area contributed by atoms with Gasteiger partial charge >= 0.3 is 6.18 Å². The van der Waals surface area contributed by atoms with Crippen molar-refractivity contribution in [2.24, 2.45) is 0 Å². The first-order valence-electron chi connectivity index (χ1n) is 5.97. The third-order valence-corrected chi connectivity index (χ3v) is 3.77. The molecule has 0 saturated heterocycles. The molecule has 2 nitrogen and oxygen atoms in total. The van der Waals surface area contributed by atoms with Gasteiger partial charge in [0.15, 0.2) is 6.04 Å². The van der Waals surface area contributed by atoms with E-state index in [9.17, 15) is 22.4 Å². The molecule has 1 N–H and O–H groups in total. The molecule has 1 unspecified atom stereocenters. The molecule has 0 bridgehead atoms. The van der Waals surface area contributed by atoms with E-state index in [-0.39, 0.29) is 10.4 Å². The Kier molecular flexibility index (Phi) is 4.32. The van der Waals surface area contributed by atoms with Gasteiger partial charge in [-0.15, -0.1) is 11.3 Å². The van der Waals surface area contributed by atoms with Crippen LogP contribution < -0.4 is 5.32 Å². The Balaban J connectivity index is 2.25. The number of carbonyl (C=O) groups excluding carboxylic acids is 1. The zero-order valence-electron chi connectivity index (χ0n) is 10.9. The number of hydrogen-bond donors (Lipinski definition) is 1. The molecule has 0 aliphatic carbocycles. The highest BCUT2D eigenvalue weighted by molar-refractivity contribution is 7.13. The summed E-state index contributed by atoms with van der Waals surface area (Å²) in [5, 5.41) is 1.95. The van der Waals surface area contributed by atoms with Gasteiger partial charge in [-0.05, 0) is 36.8 Å². The molecule has 0 spiro atoms. The molecule has 112 valence electrons. The van der Waals surface area contributed by atoms with E-state index in [1.54, 1.807) is 13.0 Å². The summed E-state index contributed by atoms with van der Waals surface area (Å²) in [6.07, 6.45) is -4.67. The first-order valence-corrected chi connectivity index (χ1v) is 6.78. The Labute approximate surface area is 122 Å². The van der Waals surface area contributed by atoms with Gasteiger partial charge in [-0.1, -0.05) is 12.1 Å². The molecule has 1 atom stereocenters. The number of hydrogen-bond acceptors (Lipinski definition) is 2. The standard InChI is InChI=1S/C14H11F4NOS/c1-8-2-7-11(21-8)13(20)19-12(14(16,17)18)9-3-5-10(15)6-4-9/h2-7,12H,1H3,(H,19,20). The van der Waals surface area contributed by atoms with Crippen molar-refractivity contribution in [3.05, 3.63) is 57.5 Å². The summed E-state index contributed by atoms with van der Waals surface area (Å²) in [6, 6.07) is 4.81. The summed E-state index contributed by atoms with van der Waals surface area (Å²) >= 11 is 1.11. The fraction of sp³-hybridized carbons (Fsp3) is 0.214. The minimum atomic E-state index is -4.67. The Morgan fingerprint density at radius 1 is 1.14 bits per heavy atom. The van der Waals surface area contributed by atoms with E-state index < -0.39 is 23.9 Å². The Morgan fingerprint density at radius 3 is 2.24 bits per heavy atom. The van der Waals surface area contributed by atoms with Gasteiger partial charge in [0.1, 0.15) is 5.82 Å². The first-order chi connectivity index (χ1) is 9.77. The molecule has 1 aromatic heterocycles.